The topological polar surface area (TPSA) is 56.3 Å². The number of Topliss-reactive ketones (excluding diaryl/α,β-unsaturated/α-hetero) is 1. The number of ether oxygens (including phenoxy) is 1. The van der Waals surface area contributed by atoms with Gasteiger partial charge in [0.25, 0.3) is 0 Å². The lowest BCUT2D eigenvalue weighted by atomic mass is 9.84. The van der Waals surface area contributed by atoms with Crippen LogP contribution in [-0.2, 0) is 9.53 Å². The molecule has 4 nitrogen and oxygen atoms in total. The minimum Gasteiger partial charge on any atom is -0.454 e. The lowest BCUT2D eigenvalue weighted by Gasteiger charge is -2.22. The van der Waals surface area contributed by atoms with Crippen molar-refractivity contribution in [2.45, 2.75) is 38.0 Å². The fourth-order valence-electron chi connectivity index (χ4n) is 4.07. The second kappa shape index (κ2) is 9.49. The number of carbonyl (C=O) groups is 2. The molecule has 0 amide bonds. The smallest absolute Gasteiger partial charge is 0.331 e. The van der Waals surface area contributed by atoms with Crippen LogP contribution in [0, 0.1) is 0 Å². The zero-order chi connectivity index (χ0) is 20.8. The summed E-state index contributed by atoms with van der Waals surface area (Å²) in [5, 5.41) is 1.000. The number of fused-ring (bicyclic) bond motifs is 1. The quantitative estimate of drug-likeness (QED) is 0.302. The second-order valence-corrected chi connectivity index (χ2v) is 7.74. The van der Waals surface area contributed by atoms with Gasteiger partial charge in [-0.2, -0.15) is 0 Å². The Morgan fingerprint density at radius 2 is 1.73 bits per heavy atom. The van der Waals surface area contributed by atoms with Crippen LogP contribution in [0.25, 0.3) is 17.0 Å². The summed E-state index contributed by atoms with van der Waals surface area (Å²) in [6.45, 7) is -0.264. The molecule has 1 fully saturated rings. The van der Waals surface area contributed by atoms with E-state index >= 15 is 0 Å². The summed E-state index contributed by atoms with van der Waals surface area (Å²) in [6, 6.07) is 17.4. The van der Waals surface area contributed by atoms with E-state index in [0.29, 0.717) is 11.5 Å². The molecular formula is C26H25NO3. The predicted octanol–water partition coefficient (Wildman–Crippen LogP) is 5.72. The Balaban J connectivity index is 1.33. The van der Waals surface area contributed by atoms with Crippen molar-refractivity contribution in [1.29, 1.82) is 0 Å². The zero-order valence-corrected chi connectivity index (χ0v) is 16.9. The summed E-state index contributed by atoms with van der Waals surface area (Å²) < 4.78 is 5.14. The van der Waals surface area contributed by atoms with Crippen molar-refractivity contribution in [3.05, 3.63) is 83.6 Å². The lowest BCUT2D eigenvalue weighted by molar-refractivity contribution is -0.136. The van der Waals surface area contributed by atoms with Gasteiger partial charge in [0.1, 0.15) is 0 Å². The van der Waals surface area contributed by atoms with Crippen molar-refractivity contribution in [3.8, 4) is 0 Å². The molecule has 3 aromatic rings. The summed E-state index contributed by atoms with van der Waals surface area (Å²) >= 11 is 0. The summed E-state index contributed by atoms with van der Waals surface area (Å²) in [7, 11) is 0. The SMILES string of the molecule is O=C(/C=C/c1cccc2cccnc12)OCC(=O)c1ccc(C2CCCCC2)cc1. The Labute approximate surface area is 176 Å². The standard InChI is InChI=1S/C26H25NO3/c28-24(21-13-11-20(12-14-21)19-6-2-1-3-7-19)18-30-25(29)16-15-23-9-4-8-22-10-5-17-27-26(22)23/h4-5,8-17,19H,1-3,6-7,18H2/b16-15+. The molecule has 4 heteroatoms. The van der Waals surface area contributed by atoms with Crippen molar-refractivity contribution >= 4 is 28.7 Å². The Bertz CT molecular complexity index is 1060. The van der Waals surface area contributed by atoms with Gasteiger partial charge in [0.2, 0.25) is 0 Å². The van der Waals surface area contributed by atoms with Crippen molar-refractivity contribution < 1.29 is 14.3 Å². The maximum atomic E-state index is 12.4. The van der Waals surface area contributed by atoms with Crippen molar-refractivity contribution in [2.75, 3.05) is 6.61 Å². The van der Waals surface area contributed by atoms with Crippen LogP contribution in [0.3, 0.4) is 0 Å². The van der Waals surface area contributed by atoms with Gasteiger partial charge in [-0.25, -0.2) is 4.79 Å². The van der Waals surface area contributed by atoms with Crippen molar-refractivity contribution in [1.82, 2.24) is 4.98 Å². The highest BCUT2D eigenvalue weighted by Gasteiger charge is 2.16. The van der Waals surface area contributed by atoms with Gasteiger partial charge in [0, 0.05) is 28.8 Å². The van der Waals surface area contributed by atoms with Gasteiger partial charge in [0.05, 0.1) is 5.52 Å². The third kappa shape index (κ3) is 4.82. The second-order valence-electron chi connectivity index (χ2n) is 7.74. The molecule has 0 N–H and O–H groups in total. The molecule has 0 bridgehead atoms. The minimum absolute atomic E-state index is 0.196. The van der Waals surface area contributed by atoms with Crippen molar-refractivity contribution in [2.24, 2.45) is 0 Å². The molecule has 4 rings (SSSR count). The van der Waals surface area contributed by atoms with Gasteiger partial charge in [0.15, 0.2) is 12.4 Å². The summed E-state index contributed by atoms with van der Waals surface area (Å²) in [6.07, 6.45) is 11.1. The molecule has 0 radical (unpaired) electrons. The number of ketones is 1. The van der Waals surface area contributed by atoms with Gasteiger partial charge in [-0.15, -0.1) is 0 Å². The van der Waals surface area contributed by atoms with E-state index in [4.69, 9.17) is 4.74 Å². The molecule has 0 spiro atoms. The average molecular weight is 399 g/mol. The van der Waals surface area contributed by atoms with E-state index in [0.717, 1.165) is 16.5 Å². The highest BCUT2D eigenvalue weighted by molar-refractivity contribution is 5.99. The highest BCUT2D eigenvalue weighted by atomic mass is 16.5. The monoisotopic (exact) mass is 399 g/mol. The Hall–Kier alpha value is -3.27. The number of hydrogen-bond acceptors (Lipinski definition) is 4. The molecule has 1 heterocycles. The Morgan fingerprint density at radius 3 is 2.53 bits per heavy atom. The van der Waals surface area contributed by atoms with Crippen LogP contribution in [-0.4, -0.2) is 23.3 Å². The summed E-state index contributed by atoms with van der Waals surface area (Å²) in [5.74, 6) is -0.136. The molecule has 152 valence electrons. The maximum absolute atomic E-state index is 12.4. The summed E-state index contributed by atoms with van der Waals surface area (Å²) in [5.41, 5.74) is 3.52. The fourth-order valence-corrected chi connectivity index (χ4v) is 4.07. The molecular weight excluding hydrogens is 374 g/mol. The number of carbonyl (C=O) groups excluding carboxylic acids is 2. The zero-order valence-electron chi connectivity index (χ0n) is 16.9. The molecule has 30 heavy (non-hydrogen) atoms. The van der Waals surface area contributed by atoms with E-state index in [-0.39, 0.29) is 12.4 Å². The van der Waals surface area contributed by atoms with E-state index in [2.05, 4.69) is 4.98 Å². The van der Waals surface area contributed by atoms with E-state index < -0.39 is 5.97 Å². The van der Waals surface area contributed by atoms with Crippen LogP contribution in [0.15, 0.2) is 66.9 Å². The number of esters is 1. The van der Waals surface area contributed by atoms with Crippen LogP contribution in [0.1, 0.15) is 59.5 Å². The van der Waals surface area contributed by atoms with E-state index in [9.17, 15) is 9.59 Å². The molecule has 0 atom stereocenters. The molecule has 1 aliphatic carbocycles. The predicted molar refractivity (Wildman–Crippen MR) is 118 cm³/mol. The molecule has 0 saturated heterocycles. The normalized spacial score (nSPS) is 14.8. The first-order valence-corrected chi connectivity index (χ1v) is 10.5. The number of hydrogen-bond donors (Lipinski definition) is 0. The number of rotatable bonds is 6. The number of pyridine rings is 1. The number of aromatic nitrogens is 1. The number of benzene rings is 2. The fraction of sp³-hybridized carbons (Fsp3) is 0.269. The Kier molecular flexibility index (Phi) is 6.33. The van der Waals surface area contributed by atoms with Gasteiger partial charge in [-0.05, 0) is 36.5 Å². The van der Waals surface area contributed by atoms with Gasteiger partial charge >= 0.3 is 5.97 Å². The third-order valence-corrected chi connectivity index (χ3v) is 5.72. The van der Waals surface area contributed by atoms with Crippen LogP contribution in [0.5, 0.6) is 0 Å². The van der Waals surface area contributed by atoms with E-state index in [1.807, 2.05) is 54.6 Å². The molecule has 2 aromatic carbocycles. The average Bonchev–Trinajstić information content (AvgIpc) is 2.82. The first-order valence-electron chi connectivity index (χ1n) is 10.5. The molecule has 0 unspecified atom stereocenters. The van der Waals surface area contributed by atoms with Gasteiger partial charge in [-0.3, -0.25) is 9.78 Å². The largest absolute Gasteiger partial charge is 0.454 e. The summed E-state index contributed by atoms with van der Waals surface area (Å²) in [4.78, 5) is 28.8. The molecule has 1 saturated carbocycles. The van der Waals surface area contributed by atoms with Crippen molar-refractivity contribution in [3.63, 3.8) is 0 Å². The van der Waals surface area contributed by atoms with Gasteiger partial charge < -0.3 is 4.74 Å². The highest BCUT2D eigenvalue weighted by Crippen LogP contribution is 2.32. The van der Waals surface area contributed by atoms with Gasteiger partial charge in [-0.1, -0.05) is 67.8 Å². The molecule has 0 aliphatic heterocycles. The number of nitrogens with zero attached hydrogens (tertiary/aromatic N) is 1. The third-order valence-electron chi connectivity index (χ3n) is 5.72. The first-order chi connectivity index (χ1) is 14.7. The van der Waals surface area contributed by atoms with Crippen LogP contribution >= 0.6 is 0 Å². The van der Waals surface area contributed by atoms with E-state index in [1.54, 1.807) is 12.3 Å². The minimum atomic E-state index is -0.546. The number of para-hydroxylation sites is 1. The van der Waals surface area contributed by atoms with Crippen LogP contribution < -0.4 is 0 Å². The molecule has 1 aliphatic rings. The van der Waals surface area contributed by atoms with Crippen LogP contribution in [0.4, 0.5) is 0 Å². The Morgan fingerprint density at radius 1 is 0.967 bits per heavy atom. The van der Waals surface area contributed by atoms with E-state index in [1.165, 1.54) is 43.7 Å². The maximum Gasteiger partial charge on any atom is 0.331 e. The molecule has 1 aromatic heterocycles. The lowest BCUT2D eigenvalue weighted by Crippen LogP contribution is -2.13. The van der Waals surface area contributed by atoms with Crippen LogP contribution in [0.2, 0.25) is 0 Å². The first kappa shape index (κ1) is 20.0.